The Kier molecular flexibility index (Phi) is 3.48. The summed E-state index contributed by atoms with van der Waals surface area (Å²) < 4.78 is 1.14. The summed E-state index contributed by atoms with van der Waals surface area (Å²) in [6.45, 7) is 4.46. The molecule has 1 fully saturated rings. The lowest BCUT2D eigenvalue weighted by Gasteiger charge is -2.31. The van der Waals surface area contributed by atoms with E-state index < -0.39 is 0 Å². The number of anilines is 1. The van der Waals surface area contributed by atoms with Crippen molar-refractivity contribution in [2.24, 2.45) is 0 Å². The minimum Gasteiger partial charge on any atom is -0.354 e. The Labute approximate surface area is 102 Å². The highest BCUT2D eigenvalue weighted by molar-refractivity contribution is 14.1. The molecule has 3 nitrogen and oxygen atoms in total. The predicted octanol–water partition coefficient (Wildman–Crippen LogP) is 2.02. The van der Waals surface area contributed by atoms with Crippen molar-refractivity contribution in [3.8, 4) is 0 Å². The van der Waals surface area contributed by atoms with Gasteiger partial charge in [-0.1, -0.05) is 6.92 Å². The molecule has 1 saturated heterocycles. The van der Waals surface area contributed by atoms with Crippen LogP contribution in [-0.2, 0) is 0 Å². The first-order valence-electron chi connectivity index (χ1n) is 4.59. The molecule has 0 aliphatic carbocycles. The first-order valence-corrected chi connectivity index (χ1v) is 6.72. The van der Waals surface area contributed by atoms with E-state index in [1.807, 2.05) is 18.0 Å². The van der Waals surface area contributed by atoms with E-state index in [-0.39, 0.29) is 0 Å². The summed E-state index contributed by atoms with van der Waals surface area (Å²) in [5.41, 5.74) is 0. The largest absolute Gasteiger partial charge is 0.354 e. The zero-order valence-electron chi connectivity index (χ0n) is 7.98. The summed E-state index contributed by atoms with van der Waals surface area (Å²) in [5, 5.41) is 0.703. The minimum absolute atomic E-state index is 0.703. The maximum absolute atomic E-state index is 4.33. The Hall–Kier alpha value is -0.0400. The SMILES string of the molecule is CC1CN(c2ncncc2I)CCS1. The first kappa shape index (κ1) is 10.5. The summed E-state index contributed by atoms with van der Waals surface area (Å²) in [7, 11) is 0. The van der Waals surface area contributed by atoms with Gasteiger partial charge in [0, 0.05) is 30.3 Å². The zero-order chi connectivity index (χ0) is 9.97. The van der Waals surface area contributed by atoms with Gasteiger partial charge in [0.25, 0.3) is 0 Å². The monoisotopic (exact) mass is 321 g/mol. The zero-order valence-corrected chi connectivity index (χ0v) is 11.0. The van der Waals surface area contributed by atoms with E-state index in [1.165, 1.54) is 5.75 Å². The van der Waals surface area contributed by atoms with Crippen LogP contribution in [0.2, 0.25) is 0 Å². The maximum Gasteiger partial charge on any atom is 0.145 e. The highest BCUT2D eigenvalue weighted by Crippen LogP contribution is 2.24. The molecule has 1 aromatic heterocycles. The van der Waals surface area contributed by atoms with E-state index in [2.05, 4.69) is 44.4 Å². The van der Waals surface area contributed by atoms with E-state index in [4.69, 9.17) is 0 Å². The van der Waals surface area contributed by atoms with Gasteiger partial charge in [0.2, 0.25) is 0 Å². The number of rotatable bonds is 1. The Bertz CT molecular complexity index is 321. The van der Waals surface area contributed by atoms with E-state index in [0.29, 0.717) is 5.25 Å². The van der Waals surface area contributed by atoms with Crippen LogP contribution in [0.15, 0.2) is 12.5 Å². The van der Waals surface area contributed by atoms with Crippen molar-refractivity contribution in [1.29, 1.82) is 0 Å². The molecule has 5 heteroatoms. The van der Waals surface area contributed by atoms with Crippen molar-refractivity contribution >= 4 is 40.2 Å². The molecule has 0 bridgehead atoms. The molecule has 1 unspecified atom stereocenters. The third kappa shape index (κ3) is 2.31. The van der Waals surface area contributed by atoms with Gasteiger partial charge in [-0.05, 0) is 22.6 Å². The van der Waals surface area contributed by atoms with Gasteiger partial charge >= 0.3 is 0 Å². The van der Waals surface area contributed by atoms with Crippen molar-refractivity contribution in [2.75, 3.05) is 23.7 Å². The smallest absolute Gasteiger partial charge is 0.145 e. The number of aromatic nitrogens is 2. The fourth-order valence-electron chi connectivity index (χ4n) is 1.55. The lowest BCUT2D eigenvalue weighted by Crippen LogP contribution is -2.37. The van der Waals surface area contributed by atoms with Gasteiger partial charge in [0.05, 0.1) is 3.57 Å². The van der Waals surface area contributed by atoms with Gasteiger partial charge in [-0.25, -0.2) is 9.97 Å². The molecule has 2 heterocycles. The molecule has 1 atom stereocenters. The predicted molar refractivity (Wildman–Crippen MR) is 68.9 cm³/mol. The quantitative estimate of drug-likeness (QED) is 0.740. The summed E-state index contributed by atoms with van der Waals surface area (Å²) >= 11 is 4.33. The summed E-state index contributed by atoms with van der Waals surface area (Å²) in [6.07, 6.45) is 3.50. The van der Waals surface area contributed by atoms with Crippen molar-refractivity contribution in [2.45, 2.75) is 12.2 Å². The molecule has 1 aliphatic heterocycles. The number of hydrogen-bond donors (Lipinski definition) is 0. The van der Waals surface area contributed by atoms with E-state index in [1.54, 1.807) is 6.33 Å². The van der Waals surface area contributed by atoms with Crippen LogP contribution in [0.3, 0.4) is 0 Å². The third-order valence-corrected chi connectivity index (χ3v) is 4.09. The highest BCUT2D eigenvalue weighted by atomic mass is 127. The fourth-order valence-corrected chi connectivity index (χ4v) is 3.20. The fraction of sp³-hybridized carbons (Fsp3) is 0.556. The van der Waals surface area contributed by atoms with Crippen LogP contribution < -0.4 is 4.90 Å². The van der Waals surface area contributed by atoms with Crippen LogP contribution in [0.25, 0.3) is 0 Å². The molecule has 2 rings (SSSR count). The second-order valence-electron chi connectivity index (χ2n) is 3.32. The maximum atomic E-state index is 4.33. The van der Waals surface area contributed by atoms with Crippen LogP contribution in [0.4, 0.5) is 5.82 Å². The van der Waals surface area contributed by atoms with Gasteiger partial charge in [-0.15, -0.1) is 0 Å². The summed E-state index contributed by atoms with van der Waals surface area (Å²) in [4.78, 5) is 10.7. The van der Waals surface area contributed by atoms with Crippen LogP contribution in [-0.4, -0.2) is 34.1 Å². The van der Waals surface area contributed by atoms with Crippen molar-refractivity contribution in [1.82, 2.24) is 9.97 Å². The molecule has 0 amide bonds. The highest BCUT2D eigenvalue weighted by Gasteiger charge is 2.19. The molecule has 0 N–H and O–H groups in total. The summed E-state index contributed by atoms with van der Waals surface area (Å²) in [5.74, 6) is 2.29. The number of nitrogens with zero attached hydrogens (tertiary/aromatic N) is 3. The average Bonchev–Trinajstić information content (AvgIpc) is 2.18. The minimum atomic E-state index is 0.703. The second-order valence-corrected chi connectivity index (χ2v) is 6.03. The Morgan fingerprint density at radius 3 is 3.21 bits per heavy atom. The molecule has 1 aliphatic rings. The van der Waals surface area contributed by atoms with Crippen LogP contribution in [0, 0.1) is 3.57 Å². The Morgan fingerprint density at radius 2 is 2.50 bits per heavy atom. The molecular weight excluding hydrogens is 309 g/mol. The van der Waals surface area contributed by atoms with Crippen LogP contribution >= 0.6 is 34.4 Å². The Morgan fingerprint density at radius 1 is 1.64 bits per heavy atom. The molecule has 0 spiro atoms. The van der Waals surface area contributed by atoms with Crippen LogP contribution in [0.5, 0.6) is 0 Å². The number of hydrogen-bond acceptors (Lipinski definition) is 4. The lowest BCUT2D eigenvalue weighted by molar-refractivity contribution is 0.765. The van der Waals surface area contributed by atoms with Gasteiger partial charge in [-0.2, -0.15) is 11.8 Å². The molecule has 0 saturated carbocycles. The third-order valence-electron chi connectivity index (χ3n) is 2.19. The van der Waals surface area contributed by atoms with Crippen LogP contribution in [0.1, 0.15) is 6.92 Å². The average molecular weight is 321 g/mol. The van der Waals surface area contributed by atoms with Gasteiger partial charge in [-0.3, -0.25) is 0 Å². The topological polar surface area (TPSA) is 29.0 Å². The summed E-state index contributed by atoms with van der Waals surface area (Å²) in [6, 6.07) is 0. The second kappa shape index (κ2) is 4.65. The van der Waals surface area contributed by atoms with E-state index >= 15 is 0 Å². The molecule has 0 radical (unpaired) electrons. The number of halogens is 1. The number of thioether (sulfide) groups is 1. The van der Waals surface area contributed by atoms with Gasteiger partial charge in [0.1, 0.15) is 12.1 Å². The van der Waals surface area contributed by atoms with Crippen molar-refractivity contribution in [3.05, 3.63) is 16.1 Å². The molecular formula is C9H12IN3S. The molecule has 0 aromatic carbocycles. The standard InChI is InChI=1S/C9H12IN3S/c1-7-5-13(2-3-14-7)9-8(10)4-11-6-12-9/h4,6-7H,2-3,5H2,1H3. The van der Waals surface area contributed by atoms with Gasteiger partial charge in [0.15, 0.2) is 0 Å². The normalized spacial score (nSPS) is 22.4. The van der Waals surface area contributed by atoms with E-state index in [9.17, 15) is 0 Å². The Balaban J connectivity index is 2.18. The molecule has 1 aromatic rings. The molecule has 76 valence electrons. The van der Waals surface area contributed by atoms with Gasteiger partial charge < -0.3 is 4.90 Å². The van der Waals surface area contributed by atoms with E-state index in [0.717, 1.165) is 22.5 Å². The first-order chi connectivity index (χ1) is 6.77. The van der Waals surface area contributed by atoms with Crippen molar-refractivity contribution < 1.29 is 0 Å². The molecule has 14 heavy (non-hydrogen) atoms. The van der Waals surface area contributed by atoms with Crippen molar-refractivity contribution in [3.63, 3.8) is 0 Å². The lowest BCUT2D eigenvalue weighted by atomic mass is 10.3.